The van der Waals surface area contributed by atoms with E-state index < -0.39 is 15.8 Å². The molecular formula is C14H21FN2O2S. The van der Waals surface area contributed by atoms with Crippen molar-refractivity contribution in [3.05, 3.63) is 24.0 Å². The summed E-state index contributed by atoms with van der Waals surface area (Å²) in [7, 11) is -3.48. The zero-order chi connectivity index (χ0) is 15.0. The van der Waals surface area contributed by atoms with Crippen molar-refractivity contribution in [1.82, 2.24) is 0 Å². The molecule has 2 N–H and O–H groups in total. The van der Waals surface area contributed by atoms with Crippen LogP contribution in [0.1, 0.15) is 33.1 Å². The summed E-state index contributed by atoms with van der Waals surface area (Å²) in [6.45, 7) is 4.46. The van der Waals surface area contributed by atoms with Crippen molar-refractivity contribution in [3.63, 3.8) is 0 Å². The summed E-state index contributed by atoms with van der Waals surface area (Å²) in [5.41, 5.74) is 1.04. The third kappa shape index (κ3) is 4.10. The molecule has 4 nitrogen and oxygen atoms in total. The monoisotopic (exact) mass is 300 g/mol. The van der Waals surface area contributed by atoms with E-state index in [9.17, 15) is 12.8 Å². The highest BCUT2D eigenvalue weighted by Gasteiger charge is 2.30. The zero-order valence-electron chi connectivity index (χ0n) is 12.0. The Morgan fingerprint density at radius 2 is 2.05 bits per heavy atom. The maximum Gasteiger partial charge on any atom is 0.229 e. The highest BCUT2D eigenvalue weighted by Crippen LogP contribution is 2.38. The Morgan fingerprint density at radius 1 is 1.35 bits per heavy atom. The van der Waals surface area contributed by atoms with Gasteiger partial charge in [0.15, 0.2) is 0 Å². The Balaban J connectivity index is 2.12. The average molecular weight is 300 g/mol. The van der Waals surface area contributed by atoms with Gasteiger partial charge in [0.2, 0.25) is 10.0 Å². The van der Waals surface area contributed by atoms with Gasteiger partial charge in [-0.25, -0.2) is 12.8 Å². The number of rotatable bonds is 4. The third-order valence-corrected chi connectivity index (χ3v) is 4.19. The second-order valence-electron chi connectivity index (χ2n) is 6.32. The quantitative estimate of drug-likeness (QED) is 0.898. The lowest BCUT2D eigenvalue weighted by Gasteiger charge is -2.19. The highest BCUT2D eigenvalue weighted by atomic mass is 32.2. The summed E-state index contributed by atoms with van der Waals surface area (Å²) in [6, 6.07) is 4.76. The van der Waals surface area contributed by atoms with Crippen LogP contribution in [0.3, 0.4) is 0 Å². The molecule has 0 aromatic heterocycles. The molecule has 0 radical (unpaired) electrons. The molecule has 0 aliphatic heterocycles. The van der Waals surface area contributed by atoms with Crippen LogP contribution in [0.4, 0.5) is 15.8 Å². The molecule has 0 heterocycles. The fourth-order valence-electron chi connectivity index (χ4n) is 2.69. The minimum Gasteiger partial charge on any atom is -0.382 e. The van der Waals surface area contributed by atoms with Crippen LogP contribution in [0.2, 0.25) is 0 Å². The van der Waals surface area contributed by atoms with Crippen LogP contribution >= 0.6 is 0 Å². The standard InChI is InChI=1S/C14H21FN2O2S/c1-14(2)7-6-11(9-14)16-10-4-5-12(15)13(8-10)17-20(3,18)19/h4-5,8,11,16-17H,6-7,9H2,1-3H3. The lowest BCUT2D eigenvalue weighted by atomic mass is 9.92. The van der Waals surface area contributed by atoms with Gasteiger partial charge < -0.3 is 5.32 Å². The van der Waals surface area contributed by atoms with Crippen molar-refractivity contribution >= 4 is 21.4 Å². The summed E-state index contributed by atoms with van der Waals surface area (Å²) in [5.74, 6) is -0.576. The molecular weight excluding hydrogens is 279 g/mol. The van der Waals surface area contributed by atoms with Gasteiger partial charge in [0, 0.05) is 11.7 Å². The van der Waals surface area contributed by atoms with Crippen molar-refractivity contribution < 1.29 is 12.8 Å². The first-order valence-corrected chi connectivity index (χ1v) is 8.58. The minimum absolute atomic E-state index is 0.0187. The van der Waals surface area contributed by atoms with Crippen LogP contribution in [0.25, 0.3) is 0 Å². The molecule has 1 aliphatic rings. The van der Waals surface area contributed by atoms with Crippen molar-refractivity contribution in [2.24, 2.45) is 5.41 Å². The minimum atomic E-state index is -3.48. The molecule has 1 aromatic rings. The van der Waals surface area contributed by atoms with Crippen LogP contribution in [-0.4, -0.2) is 20.7 Å². The van der Waals surface area contributed by atoms with Crippen LogP contribution in [0.15, 0.2) is 18.2 Å². The van der Waals surface area contributed by atoms with E-state index in [1.54, 1.807) is 6.07 Å². The van der Waals surface area contributed by atoms with E-state index in [4.69, 9.17) is 0 Å². The second-order valence-corrected chi connectivity index (χ2v) is 8.07. The molecule has 1 unspecified atom stereocenters. The van der Waals surface area contributed by atoms with Crippen molar-refractivity contribution in [2.75, 3.05) is 16.3 Å². The number of benzene rings is 1. The van der Waals surface area contributed by atoms with Crippen LogP contribution in [-0.2, 0) is 10.0 Å². The smallest absolute Gasteiger partial charge is 0.229 e. The number of halogens is 1. The fourth-order valence-corrected chi connectivity index (χ4v) is 3.24. The molecule has 0 amide bonds. The van der Waals surface area contributed by atoms with Crippen molar-refractivity contribution in [2.45, 2.75) is 39.2 Å². The lowest BCUT2D eigenvalue weighted by molar-refractivity contribution is 0.378. The van der Waals surface area contributed by atoms with Gasteiger partial charge in [0.25, 0.3) is 0 Å². The summed E-state index contributed by atoms with van der Waals surface area (Å²) in [4.78, 5) is 0. The van der Waals surface area contributed by atoms with Gasteiger partial charge in [0.05, 0.1) is 11.9 Å². The van der Waals surface area contributed by atoms with E-state index in [1.807, 2.05) is 0 Å². The Hall–Kier alpha value is -1.30. The molecule has 1 fully saturated rings. The van der Waals surface area contributed by atoms with Crippen molar-refractivity contribution in [3.8, 4) is 0 Å². The molecule has 1 aliphatic carbocycles. The normalized spacial score (nSPS) is 21.7. The second kappa shape index (κ2) is 5.24. The third-order valence-electron chi connectivity index (χ3n) is 3.60. The Morgan fingerprint density at radius 3 is 2.60 bits per heavy atom. The Kier molecular flexibility index (Phi) is 3.95. The number of hydrogen-bond donors (Lipinski definition) is 2. The number of anilines is 2. The molecule has 1 aromatic carbocycles. The predicted molar refractivity (Wildman–Crippen MR) is 79.9 cm³/mol. The molecule has 20 heavy (non-hydrogen) atoms. The summed E-state index contributed by atoms with van der Waals surface area (Å²) >= 11 is 0. The molecule has 6 heteroatoms. The molecule has 112 valence electrons. The molecule has 0 saturated heterocycles. The highest BCUT2D eigenvalue weighted by molar-refractivity contribution is 7.92. The molecule has 2 rings (SSSR count). The zero-order valence-corrected chi connectivity index (χ0v) is 12.8. The molecule has 1 atom stereocenters. The SMILES string of the molecule is CC1(C)CCC(Nc2ccc(F)c(NS(C)(=O)=O)c2)C1. The van der Waals surface area contributed by atoms with E-state index in [-0.39, 0.29) is 5.69 Å². The predicted octanol–water partition coefficient (Wildman–Crippen LogP) is 3.19. The van der Waals surface area contributed by atoms with Gasteiger partial charge in [-0.15, -0.1) is 0 Å². The van der Waals surface area contributed by atoms with E-state index in [0.717, 1.165) is 31.2 Å². The lowest BCUT2D eigenvalue weighted by Crippen LogP contribution is -2.18. The number of sulfonamides is 1. The molecule has 0 bridgehead atoms. The largest absolute Gasteiger partial charge is 0.382 e. The number of hydrogen-bond acceptors (Lipinski definition) is 3. The van der Waals surface area contributed by atoms with Crippen molar-refractivity contribution in [1.29, 1.82) is 0 Å². The Bertz CT molecular complexity index is 599. The van der Waals surface area contributed by atoms with E-state index in [1.165, 1.54) is 12.1 Å². The summed E-state index contributed by atoms with van der Waals surface area (Å²) < 4.78 is 38.2. The van der Waals surface area contributed by atoms with E-state index in [0.29, 0.717) is 11.5 Å². The topological polar surface area (TPSA) is 58.2 Å². The van der Waals surface area contributed by atoms with Crippen LogP contribution in [0, 0.1) is 11.2 Å². The van der Waals surface area contributed by atoms with E-state index >= 15 is 0 Å². The molecule has 0 spiro atoms. The van der Waals surface area contributed by atoms with Gasteiger partial charge in [-0.1, -0.05) is 13.8 Å². The maximum atomic E-state index is 13.6. The molecule has 1 saturated carbocycles. The van der Waals surface area contributed by atoms with Gasteiger partial charge in [-0.2, -0.15) is 0 Å². The van der Waals surface area contributed by atoms with Gasteiger partial charge >= 0.3 is 0 Å². The maximum absolute atomic E-state index is 13.6. The Labute approximate surface area is 119 Å². The first-order chi connectivity index (χ1) is 9.15. The number of nitrogens with one attached hydrogen (secondary N) is 2. The fraction of sp³-hybridized carbons (Fsp3) is 0.571. The summed E-state index contributed by atoms with van der Waals surface area (Å²) in [5, 5.41) is 3.35. The van der Waals surface area contributed by atoms with Gasteiger partial charge in [-0.05, 0) is 42.9 Å². The average Bonchev–Trinajstić information content (AvgIpc) is 2.61. The van der Waals surface area contributed by atoms with Crippen LogP contribution < -0.4 is 10.0 Å². The van der Waals surface area contributed by atoms with Crippen LogP contribution in [0.5, 0.6) is 0 Å². The van der Waals surface area contributed by atoms with E-state index in [2.05, 4.69) is 23.9 Å². The summed E-state index contributed by atoms with van der Waals surface area (Å²) in [6.07, 6.45) is 4.28. The first-order valence-electron chi connectivity index (χ1n) is 6.69. The van der Waals surface area contributed by atoms with Gasteiger partial charge in [0.1, 0.15) is 5.82 Å². The first kappa shape index (κ1) is 15.1. The van der Waals surface area contributed by atoms with Gasteiger partial charge in [-0.3, -0.25) is 4.72 Å².